The summed E-state index contributed by atoms with van der Waals surface area (Å²) in [7, 11) is 0. The van der Waals surface area contributed by atoms with E-state index >= 15 is 0 Å². The van der Waals surface area contributed by atoms with Gasteiger partial charge < -0.3 is 10.6 Å². The van der Waals surface area contributed by atoms with Gasteiger partial charge in [-0.2, -0.15) is 18.3 Å². The lowest BCUT2D eigenvalue weighted by molar-refractivity contribution is -0.137. The number of hydrogen-bond donors (Lipinski definition) is 2. The minimum Gasteiger partial charge on any atom is -0.363 e. The number of aromatic nitrogens is 2. The zero-order chi connectivity index (χ0) is 13.2. The number of halogens is 4. The smallest absolute Gasteiger partial charge is 0.363 e. The maximum absolute atomic E-state index is 12.6. The van der Waals surface area contributed by atoms with Gasteiger partial charge in [0.05, 0.1) is 16.8 Å². The summed E-state index contributed by atoms with van der Waals surface area (Å²) in [4.78, 5) is 0. The van der Waals surface area contributed by atoms with E-state index in [1.165, 1.54) is 0 Å². The van der Waals surface area contributed by atoms with Crippen LogP contribution >= 0.6 is 11.6 Å². The molecule has 0 spiro atoms. The summed E-state index contributed by atoms with van der Waals surface area (Å²) in [6, 6.07) is 0.0223. The number of hydrogen-bond acceptors (Lipinski definition) is 4. The fourth-order valence-electron chi connectivity index (χ4n) is 1.83. The van der Waals surface area contributed by atoms with Crippen LogP contribution in [0, 0.1) is 0 Å². The van der Waals surface area contributed by atoms with Gasteiger partial charge in [-0.25, -0.2) is 0 Å². The zero-order valence-electron chi connectivity index (χ0n) is 9.39. The van der Waals surface area contributed by atoms with Crippen LogP contribution in [0.2, 0.25) is 5.02 Å². The van der Waals surface area contributed by atoms with Crippen molar-refractivity contribution in [2.75, 3.05) is 18.4 Å². The Morgan fingerprint density at radius 1 is 1.44 bits per heavy atom. The lowest BCUT2D eigenvalue weighted by Gasteiger charge is -2.24. The molecule has 4 nitrogen and oxygen atoms in total. The van der Waals surface area contributed by atoms with Gasteiger partial charge >= 0.3 is 6.18 Å². The van der Waals surface area contributed by atoms with Crippen molar-refractivity contribution < 1.29 is 13.2 Å². The molecule has 2 N–H and O–H groups in total. The highest BCUT2D eigenvalue weighted by Crippen LogP contribution is 2.36. The van der Waals surface area contributed by atoms with Crippen LogP contribution in [-0.2, 0) is 6.18 Å². The van der Waals surface area contributed by atoms with Gasteiger partial charge in [0.25, 0.3) is 0 Å². The van der Waals surface area contributed by atoms with Gasteiger partial charge in [-0.15, -0.1) is 5.10 Å². The van der Waals surface area contributed by atoms with E-state index < -0.39 is 16.8 Å². The molecule has 0 unspecified atom stereocenters. The second kappa shape index (κ2) is 5.27. The molecule has 8 heteroatoms. The Labute approximate surface area is 107 Å². The molecule has 0 radical (unpaired) electrons. The summed E-state index contributed by atoms with van der Waals surface area (Å²) in [6.45, 7) is 1.59. The molecule has 0 bridgehead atoms. The molecule has 18 heavy (non-hydrogen) atoms. The lowest BCUT2D eigenvalue weighted by Crippen LogP contribution is -2.38. The second-order valence-electron chi connectivity index (χ2n) is 4.11. The standard InChI is InChI=1S/C10H12ClF3N4/c11-8-7(10(12,13)14)5-16-18-9(8)17-6-2-1-3-15-4-6/h5-6,15H,1-4H2,(H,17,18)/t6-/m1/s1. The number of rotatable bonds is 2. The Balaban J connectivity index is 2.18. The highest BCUT2D eigenvalue weighted by molar-refractivity contribution is 6.33. The average Bonchev–Trinajstić information content (AvgIpc) is 2.32. The van der Waals surface area contributed by atoms with Gasteiger partial charge in [0.15, 0.2) is 5.82 Å². The molecule has 1 aliphatic heterocycles. The van der Waals surface area contributed by atoms with E-state index in [1.54, 1.807) is 0 Å². The Bertz CT molecular complexity index is 418. The molecular weight excluding hydrogens is 269 g/mol. The average molecular weight is 281 g/mol. The summed E-state index contributed by atoms with van der Waals surface area (Å²) in [5.74, 6) is -0.0137. The molecule has 0 amide bonds. The number of alkyl halides is 3. The Morgan fingerprint density at radius 3 is 2.83 bits per heavy atom. The largest absolute Gasteiger partial charge is 0.419 e. The highest BCUT2D eigenvalue weighted by atomic mass is 35.5. The van der Waals surface area contributed by atoms with Crippen LogP contribution in [0.4, 0.5) is 19.0 Å². The third-order valence-electron chi connectivity index (χ3n) is 2.73. The molecule has 1 aromatic rings. The molecule has 100 valence electrons. The molecule has 1 atom stereocenters. The van der Waals surface area contributed by atoms with Crippen LogP contribution in [0.15, 0.2) is 6.20 Å². The van der Waals surface area contributed by atoms with Crippen molar-refractivity contribution in [3.63, 3.8) is 0 Å². The summed E-state index contributed by atoms with van der Waals surface area (Å²) in [5.41, 5.74) is -0.967. The predicted octanol–water partition coefficient (Wildman–Crippen LogP) is 2.31. The van der Waals surface area contributed by atoms with Gasteiger partial charge in [-0.3, -0.25) is 0 Å². The molecule has 1 aliphatic rings. The Kier molecular flexibility index (Phi) is 3.91. The zero-order valence-corrected chi connectivity index (χ0v) is 10.1. The second-order valence-corrected chi connectivity index (χ2v) is 4.48. The Morgan fingerprint density at radius 2 is 2.22 bits per heavy atom. The van der Waals surface area contributed by atoms with Crippen LogP contribution in [0.3, 0.4) is 0 Å². The minimum atomic E-state index is -4.52. The van der Waals surface area contributed by atoms with Crippen molar-refractivity contribution in [3.05, 3.63) is 16.8 Å². The van der Waals surface area contributed by atoms with E-state index in [1.807, 2.05) is 0 Å². The van der Waals surface area contributed by atoms with E-state index in [0.717, 1.165) is 19.4 Å². The highest BCUT2D eigenvalue weighted by Gasteiger charge is 2.35. The van der Waals surface area contributed by atoms with Crippen molar-refractivity contribution in [2.45, 2.75) is 25.1 Å². The third kappa shape index (κ3) is 3.02. The summed E-state index contributed by atoms with van der Waals surface area (Å²) >= 11 is 5.71. The van der Waals surface area contributed by atoms with Crippen molar-refractivity contribution in [1.29, 1.82) is 0 Å². The van der Waals surface area contributed by atoms with Crippen LogP contribution in [0.25, 0.3) is 0 Å². The number of anilines is 1. The summed E-state index contributed by atoms with van der Waals surface area (Å²) in [5, 5.41) is 12.6. The van der Waals surface area contributed by atoms with Crippen LogP contribution < -0.4 is 10.6 Å². The third-order valence-corrected chi connectivity index (χ3v) is 3.11. The van der Waals surface area contributed by atoms with Crippen LogP contribution in [-0.4, -0.2) is 29.3 Å². The van der Waals surface area contributed by atoms with E-state index in [0.29, 0.717) is 12.7 Å². The molecule has 1 aromatic heterocycles. The van der Waals surface area contributed by atoms with Gasteiger partial charge in [0.1, 0.15) is 0 Å². The van der Waals surface area contributed by atoms with E-state index in [4.69, 9.17) is 11.6 Å². The normalized spacial score (nSPS) is 20.8. The molecule has 2 heterocycles. The number of nitrogens with zero attached hydrogens (tertiary/aromatic N) is 2. The van der Waals surface area contributed by atoms with Gasteiger partial charge in [-0.1, -0.05) is 11.6 Å². The van der Waals surface area contributed by atoms with Crippen LogP contribution in [0.5, 0.6) is 0 Å². The molecule has 0 aliphatic carbocycles. The fourth-order valence-corrected chi connectivity index (χ4v) is 2.08. The lowest BCUT2D eigenvalue weighted by atomic mass is 10.1. The predicted molar refractivity (Wildman–Crippen MR) is 61.6 cm³/mol. The van der Waals surface area contributed by atoms with Gasteiger partial charge in [-0.05, 0) is 19.4 Å². The van der Waals surface area contributed by atoms with E-state index in [2.05, 4.69) is 20.8 Å². The van der Waals surface area contributed by atoms with Gasteiger partial charge in [0.2, 0.25) is 0 Å². The topological polar surface area (TPSA) is 49.8 Å². The first-order valence-corrected chi connectivity index (χ1v) is 5.92. The van der Waals surface area contributed by atoms with Crippen molar-refractivity contribution in [3.8, 4) is 0 Å². The Hall–Kier alpha value is -1.08. The molecule has 2 rings (SSSR count). The van der Waals surface area contributed by atoms with E-state index in [9.17, 15) is 13.2 Å². The summed E-state index contributed by atoms with van der Waals surface area (Å²) in [6.07, 6.45) is -2.07. The number of piperidine rings is 1. The molecule has 0 saturated carbocycles. The monoisotopic (exact) mass is 280 g/mol. The van der Waals surface area contributed by atoms with Crippen molar-refractivity contribution in [1.82, 2.24) is 15.5 Å². The summed E-state index contributed by atoms with van der Waals surface area (Å²) < 4.78 is 37.8. The SMILES string of the molecule is FC(F)(F)c1cnnc(N[C@@H]2CCCNC2)c1Cl. The maximum atomic E-state index is 12.6. The van der Waals surface area contributed by atoms with Crippen molar-refractivity contribution in [2.24, 2.45) is 0 Å². The first-order chi connectivity index (χ1) is 8.48. The van der Waals surface area contributed by atoms with Crippen LogP contribution in [0.1, 0.15) is 18.4 Å². The quantitative estimate of drug-likeness (QED) is 0.873. The first-order valence-electron chi connectivity index (χ1n) is 5.54. The maximum Gasteiger partial charge on any atom is 0.419 e. The van der Waals surface area contributed by atoms with Gasteiger partial charge in [0, 0.05) is 12.6 Å². The molecule has 0 aromatic carbocycles. The molecular formula is C10H12ClF3N4. The number of nitrogens with one attached hydrogen (secondary N) is 2. The molecule has 1 fully saturated rings. The van der Waals surface area contributed by atoms with Crippen molar-refractivity contribution >= 4 is 17.4 Å². The molecule has 1 saturated heterocycles. The minimum absolute atomic E-state index is 0.0137. The van der Waals surface area contributed by atoms with E-state index in [-0.39, 0.29) is 11.9 Å². The fraction of sp³-hybridized carbons (Fsp3) is 0.600. The first kappa shape index (κ1) is 13.4.